The lowest BCUT2D eigenvalue weighted by atomic mass is 10.0. The van der Waals surface area contributed by atoms with E-state index in [1.54, 1.807) is 0 Å². The van der Waals surface area contributed by atoms with Gasteiger partial charge in [0.25, 0.3) is 0 Å². The molecule has 0 aliphatic rings. The summed E-state index contributed by atoms with van der Waals surface area (Å²) in [4.78, 5) is 0. The van der Waals surface area contributed by atoms with Gasteiger partial charge in [0.05, 0.1) is 0 Å². The number of hydrogen-bond acceptors (Lipinski definition) is 1. The summed E-state index contributed by atoms with van der Waals surface area (Å²) in [7, 11) is 0. The van der Waals surface area contributed by atoms with E-state index in [0.29, 0.717) is 0 Å². The van der Waals surface area contributed by atoms with E-state index in [2.05, 4.69) is 31.2 Å². The van der Waals surface area contributed by atoms with Crippen LogP contribution in [0.2, 0.25) is 0 Å². The molecule has 0 amide bonds. The van der Waals surface area contributed by atoms with Crippen molar-refractivity contribution >= 4 is 0 Å². The molecule has 1 heteroatoms. The van der Waals surface area contributed by atoms with Gasteiger partial charge in [-0.2, -0.15) is 0 Å². The normalized spacial score (nSPS) is 12.6. The minimum absolute atomic E-state index is 0.150. The van der Waals surface area contributed by atoms with Crippen LogP contribution in [0.3, 0.4) is 0 Å². The highest BCUT2D eigenvalue weighted by atomic mass is 14.6. The molecule has 1 aromatic rings. The van der Waals surface area contributed by atoms with Crippen LogP contribution in [0, 0.1) is 0 Å². The predicted molar refractivity (Wildman–Crippen MR) is 90.0 cm³/mol. The summed E-state index contributed by atoms with van der Waals surface area (Å²) in [6.07, 6.45) is 13.8. The first-order valence-electron chi connectivity index (χ1n) is 8.58. The van der Waals surface area contributed by atoms with Gasteiger partial charge in [-0.25, -0.2) is 0 Å². The highest BCUT2D eigenvalue weighted by molar-refractivity contribution is 5.24. The molecule has 1 nitrogen and oxygen atoms in total. The second kappa shape index (κ2) is 10.9. The van der Waals surface area contributed by atoms with Crippen LogP contribution in [0.5, 0.6) is 0 Å². The van der Waals surface area contributed by atoms with Gasteiger partial charge in [-0.1, -0.05) is 82.6 Å². The van der Waals surface area contributed by atoms with Crippen molar-refractivity contribution in [1.82, 2.24) is 0 Å². The van der Waals surface area contributed by atoms with Crippen molar-refractivity contribution < 1.29 is 0 Å². The van der Waals surface area contributed by atoms with Crippen molar-refractivity contribution in [3.05, 3.63) is 35.4 Å². The fourth-order valence-corrected chi connectivity index (χ4v) is 2.63. The van der Waals surface area contributed by atoms with Gasteiger partial charge in [0, 0.05) is 6.04 Å². The Morgan fingerprint density at radius 2 is 1.30 bits per heavy atom. The molecule has 0 aromatic heterocycles. The van der Waals surface area contributed by atoms with E-state index in [9.17, 15) is 0 Å². The lowest BCUT2D eigenvalue weighted by Gasteiger charge is -2.07. The molecule has 114 valence electrons. The molecule has 1 rings (SSSR count). The maximum atomic E-state index is 5.86. The van der Waals surface area contributed by atoms with Crippen LogP contribution in [-0.4, -0.2) is 0 Å². The second-order valence-electron chi connectivity index (χ2n) is 6.11. The van der Waals surface area contributed by atoms with E-state index in [-0.39, 0.29) is 6.04 Å². The van der Waals surface area contributed by atoms with Crippen molar-refractivity contribution in [3.63, 3.8) is 0 Å². The monoisotopic (exact) mass is 275 g/mol. The first-order valence-corrected chi connectivity index (χ1v) is 8.58. The summed E-state index contributed by atoms with van der Waals surface area (Å²) < 4.78 is 0. The smallest absolute Gasteiger partial charge is 0.0266 e. The van der Waals surface area contributed by atoms with E-state index in [1.807, 2.05) is 6.92 Å². The molecule has 0 aliphatic carbocycles. The number of hydrogen-bond donors (Lipinski definition) is 1. The van der Waals surface area contributed by atoms with Gasteiger partial charge in [-0.15, -0.1) is 0 Å². The van der Waals surface area contributed by atoms with Crippen LogP contribution in [0.4, 0.5) is 0 Å². The molecule has 0 radical (unpaired) electrons. The quantitative estimate of drug-likeness (QED) is 0.509. The fraction of sp³-hybridized carbons (Fsp3) is 0.684. The maximum absolute atomic E-state index is 5.86. The van der Waals surface area contributed by atoms with E-state index < -0.39 is 0 Å². The van der Waals surface area contributed by atoms with Gasteiger partial charge in [0.1, 0.15) is 0 Å². The second-order valence-corrected chi connectivity index (χ2v) is 6.11. The highest BCUT2D eigenvalue weighted by Gasteiger charge is 1.99. The van der Waals surface area contributed by atoms with Crippen molar-refractivity contribution in [1.29, 1.82) is 0 Å². The third-order valence-electron chi connectivity index (χ3n) is 4.07. The Labute approximate surface area is 126 Å². The van der Waals surface area contributed by atoms with Crippen LogP contribution < -0.4 is 5.73 Å². The molecule has 0 fully saturated rings. The Bertz CT molecular complexity index is 326. The molecule has 0 heterocycles. The third-order valence-corrected chi connectivity index (χ3v) is 4.07. The zero-order valence-electron chi connectivity index (χ0n) is 13.5. The van der Waals surface area contributed by atoms with Gasteiger partial charge in [0.2, 0.25) is 0 Å². The Hall–Kier alpha value is -0.820. The lowest BCUT2D eigenvalue weighted by molar-refractivity contribution is 0.565. The number of aryl methyl sites for hydroxylation is 1. The first-order chi connectivity index (χ1) is 9.74. The summed E-state index contributed by atoms with van der Waals surface area (Å²) in [6.45, 7) is 4.32. The van der Waals surface area contributed by atoms with Crippen molar-refractivity contribution in [2.45, 2.75) is 84.1 Å². The molecule has 2 N–H and O–H groups in total. The topological polar surface area (TPSA) is 26.0 Å². The number of unbranched alkanes of at least 4 members (excludes halogenated alkanes) is 8. The molecular formula is C19H33N. The Balaban J connectivity index is 2.01. The van der Waals surface area contributed by atoms with Gasteiger partial charge in [-0.05, 0) is 30.9 Å². The summed E-state index contributed by atoms with van der Waals surface area (Å²) >= 11 is 0. The molecule has 0 saturated carbocycles. The molecule has 0 spiro atoms. The fourth-order valence-electron chi connectivity index (χ4n) is 2.63. The molecule has 0 bridgehead atoms. The molecule has 1 unspecified atom stereocenters. The van der Waals surface area contributed by atoms with Crippen LogP contribution in [0.25, 0.3) is 0 Å². The average molecular weight is 275 g/mol. The molecule has 0 aliphatic heterocycles. The summed E-state index contributed by atoms with van der Waals surface area (Å²) in [5.74, 6) is 0. The van der Waals surface area contributed by atoms with E-state index in [0.717, 1.165) is 0 Å². The maximum Gasteiger partial charge on any atom is 0.0266 e. The molecule has 1 aromatic carbocycles. The van der Waals surface area contributed by atoms with Crippen LogP contribution >= 0.6 is 0 Å². The Morgan fingerprint density at radius 1 is 0.800 bits per heavy atom. The van der Waals surface area contributed by atoms with E-state index >= 15 is 0 Å². The summed E-state index contributed by atoms with van der Waals surface area (Å²) in [5, 5.41) is 0. The molecule has 1 atom stereocenters. The molecular weight excluding hydrogens is 242 g/mol. The van der Waals surface area contributed by atoms with Crippen LogP contribution in [-0.2, 0) is 6.42 Å². The van der Waals surface area contributed by atoms with E-state index in [4.69, 9.17) is 5.73 Å². The lowest BCUT2D eigenvalue weighted by Crippen LogP contribution is -2.04. The van der Waals surface area contributed by atoms with Crippen molar-refractivity contribution in [2.24, 2.45) is 5.73 Å². The number of rotatable bonds is 11. The largest absolute Gasteiger partial charge is 0.324 e. The number of benzene rings is 1. The molecule has 20 heavy (non-hydrogen) atoms. The molecule has 0 saturated heterocycles. The summed E-state index contributed by atoms with van der Waals surface area (Å²) in [5.41, 5.74) is 8.56. The zero-order valence-corrected chi connectivity index (χ0v) is 13.5. The van der Waals surface area contributed by atoms with Gasteiger partial charge in [0.15, 0.2) is 0 Å². The minimum Gasteiger partial charge on any atom is -0.324 e. The van der Waals surface area contributed by atoms with Gasteiger partial charge >= 0.3 is 0 Å². The SMILES string of the molecule is CCCCCCCCCCCc1ccc(C(C)N)cc1. The highest BCUT2D eigenvalue weighted by Crippen LogP contribution is 2.14. The third kappa shape index (κ3) is 7.69. The minimum atomic E-state index is 0.150. The first kappa shape index (κ1) is 17.2. The van der Waals surface area contributed by atoms with Gasteiger partial charge in [-0.3, -0.25) is 0 Å². The Kier molecular flexibility index (Phi) is 9.40. The van der Waals surface area contributed by atoms with Gasteiger partial charge < -0.3 is 5.73 Å². The standard InChI is InChI=1S/C19H33N/c1-3-4-5-6-7-8-9-10-11-12-18-13-15-19(16-14-18)17(2)20/h13-17H,3-12,20H2,1-2H3. The summed E-state index contributed by atoms with van der Waals surface area (Å²) in [6, 6.07) is 8.98. The van der Waals surface area contributed by atoms with Crippen molar-refractivity contribution in [3.8, 4) is 0 Å². The van der Waals surface area contributed by atoms with Crippen LogP contribution in [0.1, 0.15) is 88.8 Å². The van der Waals surface area contributed by atoms with Crippen LogP contribution in [0.15, 0.2) is 24.3 Å². The zero-order chi connectivity index (χ0) is 14.6. The number of nitrogens with two attached hydrogens (primary N) is 1. The van der Waals surface area contributed by atoms with E-state index in [1.165, 1.54) is 75.3 Å². The predicted octanol–water partition coefficient (Wildman–Crippen LogP) is 5.78. The average Bonchev–Trinajstić information content (AvgIpc) is 2.46. The van der Waals surface area contributed by atoms with Crippen molar-refractivity contribution in [2.75, 3.05) is 0 Å². The Morgan fingerprint density at radius 3 is 1.80 bits per heavy atom.